The Balaban J connectivity index is 2.12. The fourth-order valence-corrected chi connectivity index (χ4v) is 1.71. The van der Waals surface area contributed by atoms with Crippen molar-refractivity contribution in [2.24, 2.45) is 12.8 Å². The largest absolute Gasteiger partial charge is 0.372 e. The molecule has 0 aliphatic carbocycles. The zero-order valence-corrected chi connectivity index (χ0v) is 7.81. The third-order valence-corrected chi connectivity index (χ3v) is 2.51. The molecule has 4 heteroatoms. The summed E-state index contributed by atoms with van der Waals surface area (Å²) < 4.78 is 7.62. The van der Waals surface area contributed by atoms with Crippen LogP contribution in [0, 0.1) is 0 Å². The van der Waals surface area contributed by atoms with Crippen molar-refractivity contribution in [3.63, 3.8) is 0 Å². The van der Waals surface area contributed by atoms with Gasteiger partial charge in [-0.1, -0.05) is 0 Å². The van der Waals surface area contributed by atoms with E-state index >= 15 is 0 Å². The van der Waals surface area contributed by atoms with E-state index in [0.29, 0.717) is 0 Å². The predicted octanol–water partition coefficient (Wildman–Crippen LogP) is 0.599. The molecular weight excluding hydrogens is 166 g/mol. The number of aromatic nitrogens is 2. The summed E-state index contributed by atoms with van der Waals surface area (Å²) in [6.45, 7) is 0.761. The van der Waals surface area contributed by atoms with E-state index in [2.05, 4.69) is 4.98 Å². The van der Waals surface area contributed by atoms with Crippen molar-refractivity contribution < 1.29 is 4.74 Å². The lowest BCUT2D eigenvalue weighted by Crippen LogP contribution is -2.31. The number of aryl methyl sites for hydroxylation is 1. The maximum Gasteiger partial charge on any atom is 0.100 e. The zero-order valence-electron chi connectivity index (χ0n) is 7.81. The van der Waals surface area contributed by atoms with Crippen molar-refractivity contribution in [1.29, 1.82) is 0 Å². The van der Waals surface area contributed by atoms with E-state index in [-0.39, 0.29) is 12.1 Å². The molecule has 0 aromatic carbocycles. The van der Waals surface area contributed by atoms with Gasteiger partial charge in [-0.05, 0) is 12.8 Å². The Kier molecular flexibility index (Phi) is 2.33. The summed E-state index contributed by atoms with van der Waals surface area (Å²) in [4.78, 5) is 4.06. The monoisotopic (exact) mass is 181 g/mol. The average Bonchev–Trinajstić information content (AvgIpc) is 2.51. The lowest BCUT2D eigenvalue weighted by atomic mass is 10.0. The molecule has 1 aromatic rings. The molecule has 0 amide bonds. The second-order valence-corrected chi connectivity index (χ2v) is 3.57. The molecule has 0 radical (unpaired) electrons. The summed E-state index contributed by atoms with van der Waals surface area (Å²) in [5.41, 5.74) is 6.99. The van der Waals surface area contributed by atoms with E-state index in [1.54, 1.807) is 6.33 Å². The molecule has 1 aliphatic rings. The van der Waals surface area contributed by atoms with Crippen molar-refractivity contribution in [3.8, 4) is 0 Å². The molecule has 4 nitrogen and oxygen atoms in total. The summed E-state index contributed by atoms with van der Waals surface area (Å²) in [5.74, 6) is 0. The first kappa shape index (κ1) is 8.72. The van der Waals surface area contributed by atoms with E-state index in [9.17, 15) is 0 Å². The molecule has 2 rings (SSSR count). The number of nitrogens with zero attached hydrogens (tertiary/aromatic N) is 2. The van der Waals surface area contributed by atoms with Crippen LogP contribution in [0.1, 0.15) is 24.6 Å². The molecule has 13 heavy (non-hydrogen) atoms. The van der Waals surface area contributed by atoms with Gasteiger partial charge < -0.3 is 15.0 Å². The third kappa shape index (κ3) is 1.73. The molecule has 2 heterocycles. The second kappa shape index (κ2) is 3.47. The smallest absolute Gasteiger partial charge is 0.100 e. The van der Waals surface area contributed by atoms with Gasteiger partial charge in [-0.15, -0.1) is 0 Å². The summed E-state index contributed by atoms with van der Waals surface area (Å²) in [5, 5.41) is 0. The average molecular weight is 181 g/mol. The molecule has 72 valence electrons. The van der Waals surface area contributed by atoms with Crippen LogP contribution in [0.3, 0.4) is 0 Å². The summed E-state index contributed by atoms with van der Waals surface area (Å²) >= 11 is 0. The number of rotatable bonds is 1. The van der Waals surface area contributed by atoms with Crippen LogP contribution in [-0.2, 0) is 11.8 Å². The summed E-state index contributed by atoms with van der Waals surface area (Å²) in [6, 6.07) is 0.272. The Morgan fingerprint density at radius 1 is 1.69 bits per heavy atom. The SMILES string of the molecule is Cn1cncc1C1CC(N)CCO1. The van der Waals surface area contributed by atoms with E-state index in [1.165, 1.54) is 0 Å². The molecule has 2 unspecified atom stereocenters. The van der Waals surface area contributed by atoms with Gasteiger partial charge >= 0.3 is 0 Å². The van der Waals surface area contributed by atoms with Crippen LogP contribution in [0.15, 0.2) is 12.5 Å². The molecule has 1 aliphatic heterocycles. The quantitative estimate of drug-likeness (QED) is 0.690. The molecule has 0 saturated carbocycles. The Morgan fingerprint density at radius 3 is 3.15 bits per heavy atom. The highest BCUT2D eigenvalue weighted by molar-refractivity contribution is 5.04. The first-order valence-corrected chi connectivity index (χ1v) is 4.61. The number of hydrogen-bond donors (Lipinski definition) is 1. The Hall–Kier alpha value is -0.870. The topological polar surface area (TPSA) is 53.1 Å². The van der Waals surface area contributed by atoms with E-state index in [4.69, 9.17) is 10.5 Å². The number of ether oxygens (including phenoxy) is 1. The highest BCUT2D eigenvalue weighted by Gasteiger charge is 2.23. The van der Waals surface area contributed by atoms with Gasteiger partial charge in [0.1, 0.15) is 6.10 Å². The lowest BCUT2D eigenvalue weighted by Gasteiger charge is -2.27. The van der Waals surface area contributed by atoms with Gasteiger partial charge in [0, 0.05) is 19.7 Å². The predicted molar refractivity (Wildman–Crippen MR) is 49.1 cm³/mol. The van der Waals surface area contributed by atoms with Crippen molar-refractivity contribution in [3.05, 3.63) is 18.2 Å². The van der Waals surface area contributed by atoms with Crippen LogP contribution in [-0.4, -0.2) is 22.2 Å². The minimum absolute atomic E-state index is 0.135. The minimum Gasteiger partial charge on any atom is -0.372 e. The first-order valence-electron chi connectivity index (χ1n) is 4.61. The lowest BCUT2D eigenvalue weighted by molar-refractivity contribution is 0.00253. The minimum atomic E-state index is 0.135. The molecule has 0 bridgehead atoms. The molecule has 1 aromatic heterocycles. The van der Waals surface area contributed by atoms with Crippen molar-refractivity contribution in [2.75, 3.05) is 6.61 Å². The van der Waals surface area contributed by atoms with Crippen molar-refractivity contribution in [1.82, 2.24) is 9.55 Å². The molecule has 1 fully saturated rings. The molecule has 2 atom stereocenters. The second-order valence-electron chi connectivity index (χ2n) is 3.57. The molecule has 0 spiro atoms. The fraction of sp³-hybridized carbons (Fsp3) is 0.667. The van der Waals surface area contributed by atoms with E-state index in [0.717, 1.165) is 25.1 Å². The highest BCUT2D eigenvalue weighted by Crippen LogP contribution is 2.26. The fourth-order valence-electron chi connectivity index (χ4n) is 1.71. The van der Waals surface area contributed by atoms with Crippen LogP contribution in [0.25, 0.3) is 0 Å². The van der Waals surface area contributed by atoms with Gasteiger partial charge in [0.05, 0.1) is 18.2 Å². The van der Waals surface area contributed by atoms with Crippen molar-refractivity contribution >= 4 is 0 Å². The standard InChI is InChI=1S/C9H15N3O/c1-12-6-11-5-8(12)9-4-7(10)2-3-13-9/h5-7,9H,2-4,10H2,1H3. The number of hydrogen-bond acceptors (Lipinski definition) is 3. The van der Waals surface area contributed by atoms with Crippen LogP contribution < -0.4 is 5.73 Å². The Bertz CT molecular complexity index is 284. The number of imidazole rings is 1. The molecule has 2 N–H and O–H groups in total. The number of nitrogens with two attached hydrogens (primary N) is 1. The van der Waals surface area contributed by atoms with Crippen LogP contribution in [0.4, 0.5) is 0 Å². The normalized spacial score (nSPS) is 29.1. The van der Waals surface area contributed by atoms with Crippen LogP contribution in [0.2, 0.25) is 0 Å². The van der Waals surface area contributed by atoms with E-state index < -0.39 is 0 Å². The van der Waals surface area contributed by atoms with Crippen LogP contribution >= 0.6 is 0 Å². The van der Waals surface area contributed by atoms with Gasteiger partial charge in [0.25, 0.3) is 0 Å². The van der Waals surface area contributed by atoms with Gasteiger partial charge in [-0.3, -0.25) is 0 Å². The third-order valence-electron chi connectivity index (χ3n) is 2.51. The summed E-state index contributed by atoms with van der Waals surface area (Å²) in [6.07, 6.45) is 5.64. The highest BCUT2D eigenvalue weighted by atomic mass is 16.5. The van der Waals surface area contributed by atoms with Gasteiger partial charge in [-0.2, -0.15) is 0 Å². The molecule has 1 saturated heterocycles. The van der Waals surface area contributed by atoms with Crippen molar-refractivity contribution in [2.45, 2.75) is 25.0 Å². The van der Waals surface area contributed by atoms with Gasteiger partial charge in [-0.25, -0.2) is 4.98 Å². The van der Waals surface area contributed by atoms with Gasteiger partial charge in [0.2, 0.25) is 0 Å². The first-order chi connectivity index (χ1) is 6.27. The van der Waals surface area contributed by atoms with E-state index in [1.807, 2.05) is 17.8 Å². The van der Waals surface area contributed by atoms with Crippen LogP contribution in [0.5, 0.6) is 0 Å². The summed E-state index contributed by atoms with van der Waals surface area (Å²) in [7, 11) is 1.98. The maximum absolute atomic E-state index is 5.87. The Labute approximate surface area is 77.7 Å². The zero-order chi connectivity index (χ0) is 9.26. The Morgan fingerprint density at radius 2 is 2.54 bits per heavy atom. The maximum atomic E-state index is 5.87. The molecular formula is C9H15N3O. The van der Waals surface area contributed by atoms with Gasteiger partial charge in [0.15, 0.2) is 0 Å².